The maximum Gasteiger partial charge on any atom is 0.223 e. The molecule has 0 radical (unpaired) electrons. The van der Waals surface area contributed by atoms with E-state index in [4.69, 9.17) is 0 Å². The van der Waals surface area contributed by atoms with Crippen LogP contribution in [0.4, 0.5) is 5.69 Å². The van der Waals surface area contributed by atoms with Gasteiger partial charge in [-0.1, -0.05) is 47.7 Å². The molecular weight excluding hydrogens is 368 g/mol. The predicted octanol–water partition coefficient (Wildman–Crippen LogP) is 4.34. The Kier molecular flexibility index (Phi) is 7.28. The van der Waals surface area contributed by atoms with Gasteiger partial charge < -0.3 is 10.2 Å². The van der Waals surface area contributed by atoms with Crippen molar-refractivity contribution in [1.82, 2.24) is 5.32 Å². The number of nitrogens with zero attached hydrogens (tertiary/aromatic N) is 1. The summed E-state index contributed by atoms with van der Waals surface area (Å²) < 4.78 is 0.967. The Morgan fingerprint density at radius 1 is 1.21 bits per heavy atom. The van der Waals surface area contributed by atoms with Crippen LogP contribution in [0.5, 0.6) is 0 Å². The number of halogens is 1. The van der Waals surface area contributed by atoms with Gasteiger partial charge in [-0.25, -0.2) is 0 Å². The fourth-order valence-corrected chi connectivity index (χ4v) is 3.52. The van der Waals surface area contributed by atoms with E-state index >= 15 is 0 Å². The van der Waals surface area contributed by atoms with E-state index < -0.39 is 0 Å². The van der Waals surface area contributed by atoms with E-state index in [1.165, 1.54) is 32.6 Å². The van der Waals surface area contributed by atoms with E-state index in [1.807, 2.05) is 25.1 Å². The van der Waals surface area contributed by atoms with Gasteiger partial charge in [0.05, 0.1) is 0 Å². The SMILES string of the molecule is CC(=O)N(CCC(=O)NC1CCCCCC1)c1ccc(C)c(Br)c1. The third kappa shape index (κ3) is 5.62. The minimum atomic E-state index is -0.0481. The van der Waals surface area contributed by atoms with E-state index in [0.29, 0.717) is 19.0 Å². The highest BCUT2D eigenvalue weighted by Gasteiger charge is 2.17. The van der Waals surface area contributed by atoms with Gasteiger partial charge in [-0.05, 0) is 37.5 Å². The first-order valence-electron chi connectivity index (χ1n) is 8.81. The molecule has 1 saturated carbocycles. The van der Waals surface area contributed by atoms with Gasteiger partial charge in [-0.3, -0.25) is 9.59 Å². The van der Waals surface area contributed by atoms with Crippen molar-refractivity contribution in [2.75, 3.05) is 11.4 Å². The highest BCUT2D eigenvalue weighted by Crippen LogP contribution is 2.24. The minimum absolute atomic E-state index is 0.0410. The van der Waals surface area contributed by atoms with Crippen LogP contribution in [0.25, 0.3) is 0 Å². The Hall–Kier alpha value is -1.36. The summed E-state index contributed by atoms with van der Waals surface area (Å²) in [5, 5.41) is 3.14. The molecule has 0 saturated heterocycles. The average Bonchev–Trinajstić information content (AvgIpc) is 2.79. The van der Waals surface area contributed by atoms with Crippen molar-refractivity contribution < 1.29 is 9.59 Å². The molecule has 1 aromatic carbocycles. The fourth-order valence-electron chi connectivity index (χ4n) is 3.15. The Balaban J connectivity index is 1.92. The molecule has 24 heavy (non-hydrogen) atoms. The summed E-state index contributed by atoms with van der Waals surface area (Å²) in [4.78, 5) is 25.9. The third-order valence-electron chi connectivity index (χ3n) is 4.63. The van der Waals surface area contributed by atoms with Crippen molar-refractivity contribution in [3.8, 4) is 0 Å². The molecule has 0 aromatic heterocycles. The number of hydrogen-bond acceptors (Lipinski definition) is 2. The molecular formula is C19H27BrN2O2. The summed E-state index contributed by atoms with van der Waals surface area (Å²) in [6.07, 6.45) is 7.42. The van der Waals surface area contributed by atoms with Crippen LogP contribution in [0.2, 0.25) is 0 Å². The van der Waals surface area contributed by atoms with E-state index in [2.05, 4.69) is 21.2 Å². The highest BCUT2D eigenvalue weighted by molar-refractivity contribution is 9.10. The quantitative estimate of drug-likeness (QED) is 0.754. The molecule has 1 aliphatic carbocycles. The normalized spacial score (nSPS) is 15.6. The molecule has 0 atom stereocenters. The largest absolute Gasteiger partial charge is 0.353 e. The molecule has 2 rings (SSSR count). The molecule has 4 nitrogen and oxygen atoms in total. The number of anilines is 1. The van der Waals surface area contributed by atoms with E-state index in [0.717, 1.165) is 28.6 Å². The average molecular weight is 395 g/mol. The second-order valence-electron chi connectivity index (χ2n) is 6.61. The van der Waals surface area contributed by atoms with Crippen LogP contribution >= 0.6 is 15.9 Å². The van der Waals surface area contributed by atoms with Crippen molar-refractivity contribution in [3.63, 3.8) is 0 Å². The number of carbonyl (C=O) groups excluding carboxylic acids is 2. The van der Waals surface area contributed by atoms with Crippen molar-refractivity contribution in [2.24, 2.45) is 0 Å². The Morgan fingerprint density at radius 2 is 1.88 bits per heavy atom. The van der Waals surface area contributed by atoms with Crippen molar-refractivity contribution in [2.45, 2.75) is 64.8 Å². The third-order valence-corrected chi connectivity index (χ3v) is 5.48. The first kappa shape index (κ1) is 19.0. The zero-order chi connectivity index (χ0) is 17.5. The molecule has 1 N–H and O–H groups in total. The summed E-state index contributed by atoms with van der Waals surface area (Å²) in [5.41, 5.74) is 1.94. The number of rotatable bonds is 5. The number of amides is 2. The number of hydrogen-bond donors (Lipinski definition) is 1. The zero-order valence-corrected chi connectivity index (χ0v) is 16.2. The van der Waals surface area contributed by atoms with Crippen molar-refractivity contribution in [1.29, 1.82) is 0 Å². The van der Waals surface area contributed by atoms with Crippen LogP contribution in [0.3, 0.4) is 0 Å². The number of benzene rings is 1. The highest BCUT2D eigenvalue weighted by atomic mass is 79.9. The Labute approximate surface area is 153 Å². The van der Waals surface area contributed by atoms with E-state index in [1.54, 1.807) is 4.90 Å². The van der Waals surface area contributed by atoms with Crippen LogP contribution in [0, 0.1) is 6.92 Å². The van der Waals surface area contributed by atoms with Crippen LogP contribution in [-0.4, -0.2) is 24.4 Å². The smallest absolute Gasteiger partial charge is 0.223 e. The van der Waals surface area contributed by atoms with Crippen LogP contribution < -0.4 is 10.2 Å². The minimum Gasteiger partial charge on any atom is -0.353 e. The van der Waals surface area contributed by atoms with Gasteiger partial charge in [0, 0.05) is 36.1 Å². The lowest BCUT2D eigenvalue weighted by Gasteiger charge is -2.22. The van der Waals surface area contributed by atoms with Gasteiger partial charge >= 0.3 is 0 Å². The first-order chi connectivity index (χ1) is 11.5. The Morgan fingerprint density at radius 3 is 2.46 bits per heavy atom. The van der Waals surface area contributed by atoms with Gasteiger partial charge in [0.2, 0.25) is 11.8 Å². The summed E-state index contributed by atoms with van der Waals surface area (Å²) in [5.74, 6) is -0.00709. The van der Waals surface area contributed by atoms with Gasteiger partial charge in [-0.2, -0.15) is 0 Å². The maximum atomic E-state index is 12.2. The molecule has 0 aliphatic heterocycles. The second-order valence-corrected chi connectivity index (χ2v) is 7.46. The van der Waals surface area contributed by atoms with Gasteiger partial charge in [-0.15, -0.1) is 0 Å². The molecule has 0 bridgehead atoms. The lowest BCUT2D eigenvalue weighted by Crippen LogP contribution is -2.38. The molecule has 0 spiro atoms. The number of nitrogens with one attached hydrogen (secondary N) is 1. The van der Waals surface area contributed by atoms with Crippen molar-refractivity contribution >= 4 is 33.4 Å². The van der Waals surface area contributed by atoms with E-state index in [9.17, 15) is 9.59 Å². The summed E-state index contributed by atoms with van der Waals surface area (Å²) in [6.45, 7) is 3.95. The van der Waals surface area contributed by atoms with Crippen molar-refractivity contribution in [3.05, 3.63) is 28.2 Å². The summed E-state index contributed by atoms with van der Waals surface area (Å²) >= 11 is 3.50. The predicted molar refractivity (Wildman–Crippen MR) is 101 cm³/mol. The Bertz CT molecular complexity index is 581. The summed E-state index contributed by atoms with van der Waals surface area (Å²) in [7, 11) is 0. The molecule has 132 valence electrons. The molecule has 2 amide bonds. The maximum absolute atomic E-state index is 12.2. The number of carbonyl (C=O) groups is 2. The molecule has 1 aliphatic rings. The van der Waals surface area contributed by atoms with Crippen LogP contribution in [0.15, 0.2) is 22.7 Å². The zero-order valence-electron chi connectivity index (χ0n) is 14.6. The summed E-state index contributed by atoms with van der Waals surface area (Å²) in [6, 6.07) is 6.13. The second kappa shape index (κ2) is 9.21. The lowest BCUT2D eigenvalue weighted by molar-refractivity contribution is -0.121. The van der Waals surface area contributed by atoms with Gasteiger partial charge in [0.1, 0.15) is 0 Å². The molecule has 1 fully saturated rings. The molecule has 1 aromatic rings. The standard InChI is InChI=1S/C19H27BrN2O2/c1-14-9-10-17(13-18(14)20)22(15(2)23)12-11-19(24)21-16-7-5-3-4-6-8-16/h9-10,13,16H,3-8,11-12H2,1-2H3,(H,21,24). The lowest BCUT2D eigenvalue weighted by atomic mass is 10.1. The van der Waals surface area contributed by atoms with Crippen LogP contribution in [-0.2, 0) is 9.59 Å². The molecule has 5 heteroatoms. The fraction of sp³-hybridized carbons (Fsp3) is 0.579. The number of aryl methyl sites for hydroxylation is 1. The molecule has 0 unspecified atom stereocenters. The molecule has 0 heterocycles. The van der Waals surface area contributed by atoms with Crippen LogP contribution in [0.1, 0.15) is 57.4 Å². The van der Waals surface area contributed by atoms with Gasteiger partial charge in [0.15, 0.2) is 0 Å². The first-order valence-corrected chi connectivity index (χ1v) is 9.60. The monoisotopic (exact) mass is 394 g/mol. The van der Waals surface area contributed by atoms with Gasteiger partial charge in [0.25, 0.3) is 0 Å². The van der Waals surface area contributed by atoms with E-state index in [-0.39, 0.29) is 11.8 Å². The topological polar surface area (TPSA) is 49.4 Å².